The fraction of sp³-hybridized carbons (Fsp3) is 0.200. The summed E-state index contributed by atoms with van der Waals surface area (Å²) in [6, 6.07) is 20.7. The summed E-state index contributed by atoms with van der Waals surface area (Å²) in [4.78, 5) is 25.1. The van der Waals surface area contributed by atoms with Gasteiger partial charge in [0.15, 0.2) is 0 Å². The number of methoxy groups -OCH3 is 1. The van der Waals surface area contributed by atoms with Crippen LogP contribution in [-0.2, 0) is 11.3 Å². The molecule has 0 radical (unpaired) electrons. The van der Waals surface area contributed by atoms with Crippen LogP contribution in [0, 0.1) is 13.8 Å². The molecule has 3 rings (SSSR count). The number of amides is 2. The largest absolute Gasteiger partial charge is 0.495 e. The summed E-state index contributed by atoms with van der Waals surface area (Å²) in [7, 11) is 1.56. The predicted octanol–water partition coefficient (Wildman–Crippen LogP) is 4.29. The Morgan fingerprint density at radius 1 is 0.871 bits per heavy atom. The van der Waals surface area contributed by atoms with E-state index < -0.39 is 0 Å². The minimum atomic E-state index is -0.237. The zero-order valence-electron chi connectivity index (χ0n) is 18.0. The number of para-hydroxylation sites is 1. The van der Waals surface area contributed by atoms with Gasteiger partial charge in [-0.25, -0.2) is 0 Å². The van der Waals surface area contributed by atoms with E-state index in [0.717, 1.165) is 11.1 Å². The molecule has 0 bridgehead atoms. The topological polar surface area (TPSA) is 79.5 Å². The fourth-order valence-electron chi connectivity index (χ4n) is 3.11. The minimum Gasteiger partial charge on any atom is -0.495 e. The Hall–Kier alpha value is -3.80. The molecule has 31 heavy (non-hydrogen) atoms. The van der Waals surface area contributed by atoms with Crippen LogP contribution in [0.5, 0.6) is 5.75 Å². The molecule has 0 aliphatic carbocycles. The van der Waals surface area contributed by atoms with E-state index in [1.165, 1.54) is 5.56 Å². The van der Waals surface area contributed by atoms with Crippen molar-refractivity contribution in [3.8, 4) is 5.75 Å². The van der Waals surface area contributed by atoms with E-state index in [9.17, 15) is 9.59 Å². The normalized spacial score (nSPS) is 10.3. The Morgan fingerprint density at radius 3 is 2.32 bits per heavy atom. The number of aryl methyl sites for hydroxylation is 2. The Balaban J connectivity index is 1.61. The smallest absolute Gasteiger partial charge is 0.253 e. The summed E-state index contributed by atoms with van der Waals surface area (Å²) in [6.45, 7) is 4.41. The Labute approximate surface area is 182 Å². The summed E-state index contributed by atoms with van der Waals surface area (Å²) < 4.78 is 5.30. The fourth-order valence-corrected chi connectivity index (χ4v) is 3.11. The van der Waals surface area contributed by atoms with E-state index in [-0.39, 0.29) is 18.4 Å². The number of benzene rings is 3. The van der Waals surface area contributed by atoms with Crippen LogP contribution < -0.4 is 20.7 Å². The van der Waals surface area contributed by atoms with Crippen LogP contribution in [0.1, 0.15) is 27.0 Å². The quantitative estimate of drug-likeness (QED) is 0.511. The van der Waals surface area contributed by atoms with Gasteiger partial charge in [0.05, 0.1) is 24.9 Å². The molecule has 2 amide bonds. The number of carbonyl (C=O) groups is 2. The molecule has 6 heteroatoms. The lowest BCUT2D eigenvalue weighted by atomic mass is 10.1. The first-order valence-electron chi connectivity index (χ1n) is 10.1. The Morgan fingerprint density at radius 2 is 1.58 bits per heavy atom. The Bertz CT molecular complexity index is 1060. The molecule has 0 heterocycles. The highest BCUT2D eigenvalue weighted by Crippen LogP contribution is 2.25. The highest BCUT2D eigenvalue weighted by atomic mass is 16.5. The standard InChI is InChI=1S/C25H27N3O3/c1-17-8-11-19(12-9-17)15-27-25(30)20-6-4-5-7-21(20)26-16-24(29)28-22-14-18(2)10-13-23(22)31-3/h4-14,26H,15-16H2,1-3H3,(H,27,30)(H,28,29). The van der Waals surface area contributed by atoms with Gasteiger partial charge in [-0.3, -0.25) is 9.59 Å². The van der Waals surface area contributed by atoms with Crippen LogP contribution in [0.25, 0.3) is 0 Å². The maximum absolute atomic E-state index is 12.7. The van der Waals surface area contributed by atoms with Crippen molar-refractivity contribution >= 4 is 23.2 Å². The van der Waals surface area contributed by atoms with Gasteiger partial charge < -0.3 is 20.7 Å². The average molecular weight is 418 g/mol. The molecule has 160 valence electrons. The summed E-state index contributed by atoms with van der Waals surface area (Å²) in [6.07, 6.45) is 0. The van der Waals surface area contributed by atoms with Crippen LogP contribution in [0.2, 0.25) is 0 Å². The van der Waals surface area contributed by atoms with Crippen molar-refractivity contribution in [2.45, 2.75) is 20.4 Å². The monoisotopic (exact) mass is 417 g/mol. The van der Waals surface area contributed by atoms with Crippen LogP contribution in [0.15, 0.2) is 66.7 Å². The average Bonchev–Trinajstić information content (AvgIpc) is 2.77. The minimum absolute atomic E-state index is 0.0132. The molecule has 0 spiro atoms. The second-order valence-corrected chi connectivity index (χ2v) is 7.32. The van der Waals surface area contributed by atoms with Crippen molar-refractivity contribution in [2.24, 2.45) is 0 Å². The number of anilines is 2. The van der Waals surface area contributed by atoms with E-state index in [1.54, 1.807) is 25.3 Å². The van der Waals surface area contributed by atoms with Gasteiger partial charge in [-0.05, 0) is 49.2 Å². The van der Waals surface area contributed by atoms with Crippen molar-refractivity contribution < 1.29 is 14.3 Å². The van der Waals surface area contributed by atoms with Gasteiger partial charge in [0.1, 0.15) is 5.75 Å². The summed E-state index contributed by atoms with van der Waals surface area (Å²) in [5.41, 5.74) is 4.89. The molecule has 0 unspecified atom stereocenters. The number of nitrogens with one attached hydrogen (secondary N) is 3. The highest BCUT2D eigenvalue weighted by Gasteiger charge is 2.13. The van der Waals surface area contributed by atoms with Crippen molar-refractivity contribution in [3.63, 3.8) is 0 Å². The van der Waals surface area contributed by atoms with E-state index in [1.807, 2.05) is 62.4 Å². The first-order valence-corrected chi connectivity index (χ1v) is 10.1. The molecule has 6 nitrogen and oxygen atoms in total. The molecule has 0 atom stereocenters. The SMILES string of the molecule is COc1ccc(C)cc1NC(=O)CNc1ccccc1C(=O)NCc1ccc(C)cc1. The summed E-state index contributed by atoms with van der Waals surface area (Å²) in [5.74, 6) is 0.151. The van der Waals surface area contributed by atoms with Gasteiger partial charge in [-0.15, -0.1) is 0 Å². The number of ether oxygens (including phenoxy) is 1. The van der Waals surface area contributed by atoms with Crippen LogP contribution in [0.4, 0.5) is 11.4 Å². The molecule has 0 saturated carbocycles. The van der Waals surface area contributed by atoms with Crippen molar-refractivity contribution in [1.82, 2.24) is 5.32 Å². The number of carbonyl (C=O) groups excluding carboxylic acids is 2. The predicted molar refractivity (Wildman–Crippen MR) is 124 cm³/mol. The number of hydrogen-bond donors (Lipinski definition) is 3. The molecular formula is C25H27N3O3. The zero-order valence-corrected chi connectivity index (χ0v) is 18.0. The van der Waals surface area contributed by atoms with Crippen molar-refractivity contribution in [1.29, 1.82) is 0 Å². The summed E-state index contributed by atoms with van der Waals surface area (Å²) in [5, 5.41) is 8.83. The molecule has 3 N–H and O–H groups in total. The van der Waals surface area contributed by atoms with Gasteiger partial charge >= 0.3 is 0 Å². The molecule has 3 aromatic carbocycles. The molecular weight excluding hydrogens is 390 g/mol. The van der Waals surface area contributed by atoms with Crippen LogP contribution in [-0.4, -0.2) is 25.5 Å². The third-order valence-corrected chi connectivity index (χ3v) is 4.81. The zero-order chi connectivity index (χ0) is 22.2. The molecule has 0 aromatic heterocycles. The van der Waals surface area contributed by atoms with Gasteiger partial charge in [-0.1, -0.05) is 48.0 Å². The third-order valence-electron chi connectivity index (χ3n) is 4.81. The summed E-state index contributed by atoms with van der Waals surface area (Å²) >= 11 is 0. The van der Waals surface area contributed by atoms with E-state index >= 15 is 0 Å². The lowest BCUT2D eigenvalue weighted by molar-refractivity contribution is -0.114. The molecule has 3 aromatic rings. The number of rotatable bonds is 8. The maximum Gasteiger partial charge on any atom is 0.253 e. The van der Waals surface area contributed by atoms with E-state index in [2.05, 4.69) is 16.0 Å². The van der Waals surface area contributed by atoms with Crippen molar-refractivity contribution in [3.05, 3.63) is 89.0 Å². The lowest BCUT2D eigenvalue weighted by Gasteiger charge is -2.14. The highest BCUT2D eigenvalue weighted by molar-refractivity contribution is 6.01. The second-order valence-electron chi connectivity index (χ2n) is 7.32. The van der Waals surface area contributed by atoms with Gasteiger partial charge in [0, 0.05) is 12.2 Å². The second kappa shape index (κ2) is 10.3. The molecule has 0 saturated heterocycles. The van der Waals surface area contributed by atoms with E-state index in [4.69, 9.17) is 4.74 Å². The van der Waals surface area contributed by atoms with Gasteiger partial charge in [-0.2, -0.15) is 0 Å². The first-order chi connectivity index (χ1) is 15.0. The lowest BCUT2D eigenvalue weighted by Crippen LogP contribution is -2.26. The van der Waals surface area contributed by atoms with Crippen molar-refractivity contribution in [2.75, 3.05) is 24.3 Å². The van der Waals surface area contributed by atoms with Crippen LogP contribution in [0.3, 0.4) is 0 Å². The van der Waals surface area contributed by atoms with Gasteiger partial charge in [0.2, 0.25) is 5.91 Å². The third kappa shape index (κ3) is 6.09. The maximum atomic E-state index is 12.7. The molecule has 0 aliphatic rings. The first kappa shape index (κ1) is 21.9. The molecule has 0 aliphatic heterocycles. The van der Waals surface area contributed by atoms with E-state index in [0.29, 0.717) is 29.2 Å². The number of hydrogen-bond acceptors (Lipinski definition) is 4. The van der Waals surface area contributed by atoms with Crippen LogP contribution >= 0.6 is 0 Å². The Kier molecular flexibility index (Phi) is 7.27. The molecule has 0 fully saturated rings. The van der Waals surface area contributed by atoms with Gasteiger partial charge in [0.25, 0.3) is 5.91 Å².